The van der Waals surface area contributed by atoms with Crippen LogP contribution in [0.15, 0.2) is 12.3 Å². The molecule has 0 aromatic heterocycles. The van der Waals surface area contributed by atoms with Crippen molar-refractivity contribution in [3.8, 4) is 0 Å². The summed E-state index contributed by atoms with van der Waals surface area (Å²) in [5.74, 6) is 0.844. The molecule has 0 unspecified atom stereocenters. The van der Waals surface area contributed by atoms with Crippen LogP contribution in [0.5, 0.6) is 0 Å². The summed E-state index contributed by atoms with van der Waals surface area (Å²) < 4.78 is 5.29. The molecule has 0 spiro atoms. The SMILES string of the molecule is C=C(C)O[Si]C[Si](C)(C)C. The van der Waals surface area contributed by atoms with Gasteiger partial charge in [0.05, 0.1) is 5.76 Å². The molecule has 0 aliphatic rings. The maximum atomic E-state index is 5.29. The van der Waals surface area contributed by atoms with E-state index in [9.17, 15) is 0 Å². The first-order chi connectivity index (χ1) is 4.42. The molecule has 0 atom stereocenters. The summed E-state index contributed by atoms with van der Waals surface area (Å²) in [6.07, 6.45) is 0. The molecule has 10 heavy (non-hydrogen) atoms. The van der Waals surface area contributed by atoms with Gasteiger partial charge in [-0.15, -0.1) is 0 Å². The maximum absolute atomic E-state index is 5.29. The highest BCUT2D eigenvalue weighted by Gasteiger charge is 2.13. The summed E-state index contributed by atoms with van der Waals surface area (Å²) >= 11 is 0. The predicted molar refractivity (Wildman–Crippen MR) is 49.8 cm³/mol. The molecule has 0 aliphatic carbocycles. The number of rotatable bonds is 4. The summed E-state index contributed by atoms with van der Waals surface area (Å²) in [6, 6.07) is 0. The van der Waals surface area contributed by atoms with Crippen molar-refractivity contribution < 1.29 is 4.43 Å². The zero-order valence-electron chi connectivity index (χ0n) is 7.32. The first-order valence-corrected chi connectivity index (χ1v) is 8.29. The summed E-state index contributed by atoms with van der Waals surface area (Å²) in [4.78, 5) is 0. The molecular formula is C7H16OSi2. The Balaban J connectivity index is 3.29. The highest BCUT2D eigenvalue weighted by Crippen LogP contribution is 2.06. The number of hydrogen-bond donors (Lipinski definition) is 0. The Bertz CT molecular complexity index is 115. The highest BCUT2D eigenvalue weighted by molar-refractivity contribution is 6.82. The Morgan fingerprint density at radius 2 is 2.00 bits per heavy atom. The fraction of sp³-hybridized carbons (Fsp3) is 0.714. The summed E-state index contributed by atoms with van der Waals surface area (Å²) in [7, 11) is -0.252. The van der Waals surface area contributed by atoms with Crippen LogP contribution in [-0.2, 0) is 4.43 Å². The van der Waals surface area contributed by atoms with Crippen molar-refractivity contribution in [1.29, 1.82) is 0 Å². The van der Waals surface area contributed by atoms with Gasteiger partial charge in [0.2, 0.25) is 0 Å². The molecule has 0 heterocycles. The Morgan fingerprint density at radius 1 is 1.50 bits per heavy atom. The van der Waals surface area contributed by atoms with Gasteiger partial charge in [0.1, 0.15) is 0 Å². The minimum atomic E-state index is -0.878. The van der Waals surface area contributed by atoms with E-state index in [0.29, 0.717) is 9.76 Å². The van der Waals surface area contributed by atoms with Crippen molar-refractivity contribution in [2.75, 3.05) is 0 Å². The van der Waals surface area contributed by atoms with Crippen LogP contribution in [0.3, 0.4) is 0 Å². The van der Waals surface area contributed by atoms with Gasteiger partial charge in [0.25, 0.3) is 0 Å². The van der Waals surface area contributed by atoms with Gasteiger partial charge in [0.15, 0.2) is 0 Å². The molecule has 1 nitrogen and oxygen atoms in total. The number of hydrogen-bond acceptors (Lipinski definition) is 1. The largest absolute Gasteiger partial charge is 0.545 e. The minimum absolute atomic E-state index is 0.626. The van der Waals surface area contributed by atoms with E-state index in [1.54, 1.807) is 0 Å². The van der Waals surface area contributed by atoms with Crippen molar-refractivity contribution >= 4 is 17.8 Å². The molecule has 2 radical (unpaired) electrons. The average Bonchev–Trinajstić information content (AvgIpc) is 1.59. The molecular weight excluding hydrogens is 156 g/mol. The average molecular weight is 172 g/mol. The fourth-order valence-corrected chi connectivity index (χ4v) is 2.64. The van der Waals surface area contributed by atoms with Crippen LogP contribution in [0, 0.1) is 0 Å². The van der Waals surface area contributed by atoms with Gasteiger partial charge in [0, 0.05) is 8.07 Å². The van der Waals surface area contributed by atoms with Gasteiger partial charge in [-0.3, -0.25) is 0 Å². The van der Waals surface area contributed by atoms with E-state index < -0.39 is 8.07 Å². The lowest BCUT2D eigenvalue weighted by Crippen LogP contribution is -2.23. The van der Waals surface area contributed by atoms with Gasteiger partial charge in [-0.25, -0.2) is 0 Å². The Kier molecular flexibility index (Phi) is 3.97. The fourth-order valence-electron chi connectivity index (χ4n) is 0.376. The topological polar surface area (TPSA) is 9.23 Å². The van der Waals surface area contributed by atoms with Crippen molar-refractivity contribution in [2.45, 2.75) is 32.2 Å². The highest BCUT2D eigenvalue weighted by atomic mass is 28.4. The van der Waals surface area contributed by atoms with Crippen LogP contribution in [0.25, 0.3) is 0 Å². The standard InChI is InChI=1S/C7H16OSi2/c1-7(2)8-9-6-10(3,4)5/h1,6H2,2-5H3. The first kappa shape index (κ1) is 9.97. The maximum Gasteiger partial charge on any atom is 0.307 e. The first-order valence-electron chi connectivity index (χ1n) is 3.47. The second-order valence-electron chi connectivity index (χ2n) is 3.69. The van der Waals surface area contributed by atoms with Crippen LogP contribution in [0.4, 0.5) is 0 Å². The zero-order valence-corrected chi connectivity index (χ0v) is 9.32. The Morgan fingerprint density at radius 3 is 2.30 bits per heavy atom. The van der Waals surface area contributed by atoms with Crippen molar-refractivity contribution in [3.63, 3.8) is 0 Å². The molecule has 0 rings (SSSR count). The molecule has 0 saturated carbocycles. The third-order valence-electron chi connectivity index (χ3n) is 0.849. The predicted octanol–water partition coefficient (Wildman–Crippen LogP) is 2.45. The molecule has 0 fully saturated rings. The summed E-state index contributed by atoms with van der Waals surface area (Å²) in [5, 5.41) is 0. The lowest BCUT2D eigenvalue weighted by molar-refractivity contribution is 0.460. The van der Waals surface area contributed by atoms with Crippen molar-refractivity contribution in [1.82, 2.24) is 0 Å². The molecule has 0 N–H and O–H groups in total. The van der Waals surface area contributed by atoms with Gasteiger partial charge in [-0.05, 0) is 12.6 Å². The van der Waals surface area contributed by atoms with Crippen LogP contribution in [-0.4, -0.2) is 17.8 Å². The molecule has 0 bridgehead atoms. The third kappa shape index (κ3) is 7.97. The molecule has 0 aliphatic heterocycles. The third-order valence-corrected chi connectivity index (χ3v) is 6.16. The molecule has 58 valence electrons. The van der Waals surface area contributed by atoms with E-state index in [4.69, 9.17) is 4.43 Å². The molecule has 3 heteroatoms. The molecule has 0 aromatic rings. The van der Waals surface area contributed by atoms with E-state index in [-0.39, 0.29) is 0 Å². The van der Waals surface area contributed by atoms with Gasteiger partial charge in [-0.1, -0.05) is 26.2 Å². The van der Waals surface area contributed by atoms with Crippen LogP contribution in [0.2, 0.25) is 25.3 Å². The Labute approximate surface area is 67.4 Å². The van der Waals surface area contributed by atoms with E-state index in [0.717, 1.165) is 5.76 Å². The smallest absolute Gasteiger partial charge is 0.307 e. The molecule has 0 amide bonds. The zero-order chi connectivity index (χ0) is 8.20. The summed E-state index contributed by atoms with van der Waals surface area (Å²) in [6.45, 7) is 12.6. The van der Waals surface area contributed by atoms with Gasteiger partial charge >= 0.3 is 9.76 Å². The normalized spacial score (nSPS) is 11.2. The quantitative estimate of drug-likeness (QED) is 0.467. The Hall–Kier alpha value is -0.0262. The van der Waals surface area contributed by atoms with Crippen molar-refractivity contribution in [2.24, 2.45) is 0 Å². The van der Waals surface area contributed by atoms with Gasteiger partial charge < -0.3 is 4.43 Å². The monoisotopic (exact) mass is 172 g/mol. The van der Waals surface area contributed by atoms with Crippen molar-refractivity contribution in [3.05, 3.63) is 12.3 Å². The lowest BCUT2D eigenvalue weighted by atomic mass is 10.7. The van der Waals surface area contributed by atoms with Gasteiger partial charge in [-0.2, -0.15) is 0 Å². The molecule has 0 saturated heterocycles. The van der Waals surface area contributed by atoms with Crippen LogP contribution < -0.4 is 0 Å². The van der Waals surface area contributed by atoms with E-state index in [1.165, 1.54) is 5.67 Å². The number of allylic oxidation sites excluding steroid dienone is 1. The molecule has 0 aromatic carbocycles. The van der Waals surface area contributed by atoms with E-state index in [2.05, 4.69) is 26.2 Å². The van der Waals surface area contributed by atoms with E-state index >= 15 is 0 Å². The van der Waals surface area contributed by atoms with E-state index in [1.807, 2.05) is 6.92 Å². The minimum Gasteiger partial charge on any atom is -0.545 e. The lowest BCUT2D eigenvalue weighted by Gasteiger charge is -2.13. The second kappa shape index (κ2) is 3.98. The van der Waals surface area contributed by atoms with Crippen LogP contribution >= 0.6 is 0 Å². The summed E-state index contributed by atoms with van der Waals surface area (Å²) in [5.41, 5.74) is 1.25. The van der Waals surface area contributed by atoms with Crippen LogP contribution in [0.1, 0.15) is 6.92 Å². The second-order valence-corrected chi connectivity index (χ2v) is 10.7.